The van der Waals surface area contributed by atoms with Crippen molar-refractivity contribution < 1.29 is 9.53 Å². The number of nitriles is 1. The zero-order valence-corrected chi connectivity index (χ0v) is 14.6. The van der Waals surface area contributed by atoms with E-state index in [0.717, 1.165) is 31.5 Å². The number of benzene rings is 1. The number of halogens is 1. The third kappa shape index (κ3) is 4.80. The van der Waals surface area contributed by atoms with Gasteiger partial charge >= 0.3 is 5.97 Å². The fraction of sp³-hybridized carbons (Fsp3) is 0.500. The first-order valence-corrected chi connectivity index (χ1v) is 8.59. The smallest absolute Gasteiger partial charge is 0.328 e. The van der Waals surface area contributed by atoms with E-state index in [1.54, 1.807) is 6.92 Å². The number of ether oxygens (including phenoxy) is 1. The molecule has 0 N–H and O–H groups in total. The largest absolute Gasteiger partial charge is 0.465 e. The van der Waals surface area contributed by atoms with Crippen molar-refractivity contribution in [3.63, 3.8) is 0 Å². The number of aliphatic imine (C=N–C) groups is 1. The van der Waals surface area contributed by atoms with Gasteiger partial charge in [0.25, 0.3) is 0 Å². The fourth-order valence-corrected chi connectivity index (χ4v) is 3.12. The molecule has 1 aliphatic rings. The van der Waals surface area contributed by atoms with Gasteiger partial charge in [0.15, 0.2) is 5.92 Å². The van der Waals surface area contributed by atoms with Crippen LogP contribution < -0.4 is 0 Å². The molecule has 1 fully saturated rings. The van der Waals surface area contributed by atoms with E-state index in [2.05, 4.69) is 9.89 Å². The zero-order valence-electron chi connectivity index (χ0n) is 13.8. The van der Waals surface area contributed by atoms with E-state index in [1.807, 2.05) is 30.3 Å². The average Bonchev–Trinajstić information content (AvgIpc) is 3.10. The molecule has 1 aromatic rings. The summed E-state index contributed by atoms with van der Waals surface area (Å²) >= 11 is 6.35. The maximum Gasteiger partial charge on any atom is 0.328 e. The van der Waals surface area contributed by atoms with Gasteiger partial charge in [-0.15, -0.1) is 0 Å². The lowest BCUT2D eigenvalue weighted by Crippen LogP contribution is -2.28. The molecule has 128 valence electrons. The molecule has 0 spiro atoms. The third-order valence-corrected chi connectivity index (χ3v) is 4.40. The van der Waals surface area contributed by atoms with Gasteiger partial charge in [-0.25, -0.2) is 0 Å². The summed E-state index contributed by atoms with van der Waals surface area (Å²) in [6.07, 6.45) is 3.71. The van der Waals surface area contributed by atoms with Gasteiger partial charge in [-0.1, -0.05) is 29.8 Å². The van der Waals surface area contributed by atoms with Gasteiger partial charge in [0, 0.05) is 11.2 Å². The summed E-state index contributed by atoms with van der Waals surface area (Å²) < 4.78 is 4.87. The lowest BCUT2D eigenvalue weighted by atomic mass is 10.1. The topological polar surface area (TPSA) is 65.7 Å². The van der Waals surface area contributed by atoms with Crippen LogP contribution in [0, 0.1) is 17.2 Å². The Hall–Kier alpha value is -1.90. The van der Waals surface area contributed by atoms with E-state index in [4.69, 9.17) is 21.6 Å². The van der Waals surface area contributed by atoms with Crippen LogP contribution in [0.25, 0.3) is 0 Å². The van der Waals surface area contributed by atoms with Crippen LogP contribution in [0.15, 0.2) is 29.3 Å². The summed E-state index contributed by atoms with van der Waals surface area (Å²) in [6.45, 7) is 4.43. The first-order valence-electron chi connectivity index (χ1n) is 8.22. The van der Waals surface area contributed by atoms with Crippen LogP contribution in [0.1, 0.15) is 31.4 Å². The van der Waals surface area contributed by atoms with Crippen LogP contribution in [-0.4, -0.2) is 43.3 Å². The number of esters is 1. The SMILES string of the molecule is CCOC(=O)[C@@H](C#N)C=NC[C@H](c1ccccc1Cl)N1CCCC1. The standard InChI is InChI=1S/C18H22ClN3O2/c1-2-24-18(23)14(11-20)12-21-13-17(22-9-5-6-10-22)15-7-3-4-8-16(15)19/h3-4,7-8,12,14,17H,2,5-6,9-10,13H2,1H3/t14-,17+/m0/s1. The normalized spacial score (nSPS) is 17.5. The van der Waals surface area contributed by atoms with Crippen LogP contribution in [0.2, 0.25) is 5.02 Å². The molecule has 5 nitrogen and oxygen atoms in total. The molecule has 1 heterocycles. The molecule has 0 radical (unpaired) electrons. The molecule has 2 atom stereocenters. The number of carbonyl (C=O) groups is 1. The van der Waals surface area contributed by atoms with E-state index in [0.29, 0.717) is 11.6 Å². The molecule has 2 rings (SSSR count). The van der Waals surface area contributed by atoms with Crippen molar-refractivity contribution in [2.24, 2.45) is 10.9 Å². The van der Waals surface area contributed by atoms with Crippen molar-refractivity contribution >= 4 is 23.8 Å². The van der Waals surface area contributed by atoms with Gasteiger partial charge < -0.3 is 4.74 Å². The second-order valence-corrected chi connectivity index (χ2v) is 6.06. The molecule has 1 aromatic carbocycles. The maximum absolute atomic E-state index is 11.7. The quantitative estimate of drug-likeness (QED) is 0.561. The Morgan fingerprint density at radius 3 is 2.79 bits per heavy atom. The molecule has 6 heteroatoms. The summed E-state index contributed by atoms with van der Waals surface area (Å²) in [7, 11) is 0. The minimum absolute atomic E-state index is 0.0546. The molecule has 1 saturated heterocycles. The van der Waals surface area contributed by atoms with Crippen LogP contribution in [0.3, 0.4) is 0 Å². The zero-order chi connectivity index (χ0) is 17.4. The molecule has 0 aliphatic carbocycles. The highest BCUT2D eigenvalue weighted by Gasteiger charge is 2.25. The second kappa shape index (κ2) is 9.41. The predicted molar refractivity (Wildman–Crippen MR) is 94.1 cm³/mol. The summed E-state index contributed by atoms with van der Waals surface area (Å²) in [5, 5.41) is 9.80. The van der Waals surface area contributed by atoms with Crippen LogP contribution in [-0.2, 0) is 9.53 Å². The van der Waals surface area contributed by atoms with Crippen molar-refractivity contribution in [3.8, 4) is 6.07 Å². The average molecular weight is 348 g/mol. The van der Waals surface area contributed by atoms with Crippen molar-refractivity contribution in [1.29, 1.82) is 5.26 Å². The molecular weight excluding hydrogens is 326 g/mol. The second-order valence-electron chi connectivity index (χ2n) is 5.65. The maximum atomic E-state index is 11.7. The molecular formula is C18H22ClN3O2. The third-order valence-electron chi connectivity index (χ3n) is 4.06. The van der Waals surface area contributed by atoms with Gasteiger partial charge in [-0.2, -0.15) is 5.26 Å². The van der Waals surface area contributed by atoms with Gasteiger partial charge in [-0.05, 0) is 44.5 Å². The van der Waals surface area contributed by atoms with Gasteiger partial charge in [0.1, 0.15) is 0 Å². The monoisotopic (exact) mass is 347 g/mol. The molecule has 0 unspecified atom stereocenters. The Balaban J connectivity index is 2.11. The molecule has 24 heavy (non-hydrogen) atoms. The lowest BCUT2D eigenvalue weighted by Gasteiger charge is -2.27. The molecule has 0 saturated carbocycles. The summed E-state index contributed by atoms with van der Waals surface area (Å²) in [5.74, 6) is -1.52. The van der Waals surface area contributed by atoms with E-state index < -0.39 is 11.9 Å². The molecule has 0 bridgehead atoms. The number of rotatable bonds is 7. The first-order chi connectivity index (χ1) is 11.7. The minimum Gasteiger partial charge on any atom is -0.465 e. The highest BCUT2D eigenvalue weighted by molar-refractivity contribution is 6.31. The van der Waals surface area contributed by atoms with E-state index >= 15 is 0 Å². The molecule has 0 aromatic heterocycles. The van der Waals surface area contributed by atoms with Crippen molar-refractivity contribution in [1.82, 2.24) is 4.90 Å². The van der Waals surface area contributed by atoms with Crippen LogP contribution >= 0.6 is 11.6 Å². The number of likely N-dealkylation sites (tertiary alicyclic amines) is 1. The van der Waals surface area contributed by atoms with Crippen LogP contribution in [0.5, 0.6) is 0 Å². The Kier molecular flexibility index (Phi) is 7.23. The van der Waals surface area contributed by atoms with E-state index in [1.165, 1.54) is 6.21 Å². The Bertz CT molecular complexity index is 621. The summed E-state index contributed by atoms with van der Waals surface area (Å²) in [4.78, 5) is 18.4. The Morgan fingerprint density at radius 2 is 2.17 bits per heavy atom. The highest BCUT2D eigenvalue weighted by Crippen LogP contribution is 2.30. The van der Waals surface area contributed by atoms with Crippen molar-refractivity contribution in [2.75, 3.05) is 26.2 Å². The van der Waals surface area contributed by atoms with E-state index in [9.17, 15) is 4.79 Å². The number of hydrogen-bond acceptors (Lipinski definition) is 5. The molecule has 0 amide bonds. The van der Waals surface area contributed by atoms with Crippen LogP contribution in [0.4, 0.5) is 0 Å². The number of carbonyl (C=O) groups excluding carboxylic acids is 1. The predicted octanol–water partition coefficient (Wildman–Crippen LogP) is 3.25. The van der Waals surface area contributed by atoms with Gasteiger partial charge in [0.05, 0.1) is 25.3 Å². The Labute approximate surface area is 147 Å². The number of nitrogens with zero attached hydrogens (tertiary/aromatic N) is 3. The van der Waals surface area contributed by atoms with Crippen molar-refractivity contribution in [2.45, 2.75) is 25.8 Å². The van der Waals surface area contributed by atoms with Crippen molar-refractivity contribution in [3.05, 3.63) is 34.9 Å². The fourth-order valence-electron chi connectivity index (χ4n) is 2.85. The van der Waals surface area contributed by atoms with Gasteiger partial charge in [-0.3, -0.25) is 14.7 Å². The Morgan fingerprint density at radius 1 is 1.46 bits per heavy atom. The van der Waals surface area contributed by atoms with E-state index in [-0.39, 0.29) is 12.6 Å². The summed E-state index contributed by atoms with van der Waals surface area (Å²) in [6, 6.07) is 9.72. The lowest BCUT2D eigenvalue weighted by molar-refractivity contribution is -0.143. The number of hydrogen-bond donors (Lipinski definition) is 0. The minimum atomic E-state index is -0.963. The first kappa shape index (κ1) is 18.4. The highest BCUT2D eigenvalue weighted by atomic mass is 35.5. The molecule has 1 aliphatic heterocycles. The van der Waals surface area contributed by atoms with Gasteiger partial charge in [0.2, 0.25) is 0 Å². The summed E-state index contributed by atoms with van der Waals surface area (Å²) in [5.41, 5.74) is 1.03.